The van der Waals surface area contributed by atoms with E-state index in [0.717, 1.165) is 25.2 Å². The summed E-state index contributed by atoms with van der Waals surface area (Å²) in [6, 6.07) is 8.49. The molecule has 0 atom stereocenters. The Bertz CT molecular complexity index is 567. The zero-order chi connectivity index (χ0) is 15.1. The number of hydrogen-bond acceptors (Lipinski definition) is 3. The molecule has 0 aliphatic rings. The summed E-state index contributed by atoms with van der Waals surface area (Å²) in [5, 5.41) is 4.77. The van der Waals surface area contributed by atoms with E-state index in [0.29, 0.717) is 0 Å². The van der Waals surface area contributed by atoms with E-state index in [4.69, 9.17) is 0 Å². The van der Waals surface area contributed by atoms with Gasteiger partial charge in [-0.3, -0.25) is 4.98 Å². The molecule has 2 aromatic rings. The van der Waals surface area contributed by atoms with Crippen LogP contribution in [0.4, 0.5) is 5.69 Å². The van der Waals surface area contributed by atoms with E-state index in [1.807, 2.05) is 6.20 Å². The lowest BCUT2D eigenvalue weighted by molar-refractivity contribution is 0.298. The van der Waals surface area contributed by atoms with Crippen molar-refractivity contribution in [3.63, 3.8) is 0 Å². The van der Waals surface area contributed by atoms with Crippen LogP contribution in [0.25, 0.3) is 10.9 Å². The Labute approximate surface area is 141 Å². The van der Waals surface area contributed by atoms with Crippen LogP contribution in [0.15, 0.2) is 30.5 Å². The standard InChI is InChI=1S/C17H24IN3/c1-3-21(4-2)12-6-5-10-19-16-9-11-20-17-13-14(18)7-8-15(16)17/h7-9,11,13H,3-6,10,12H2,1-2H3,(H,19,20). The number of hydrogen-bond donors (Lipinski definition) is 1. The lowest BCUT2D eigenvalue weighted by Crippen LogP contribution is -2.24. The third-order valence-electron chi connectivity index (χ3n) is 3.82. The summed E-state index contributed by atoms with van der Waals surface area (Å²) in [6.45, 7) is 8.98. The molecule has 0 saturated heterocycles. The van der Waals surface area contributed by atoms with Crippen molar-refractivity contribution in [3.05, 3.63) is 34.0 Å². The van der Waals surface area contributed by atoms with Gasteiger partial charge in [-0.2, -0.15) is 0 Å². The number of aromatic nitrogens is 1. The van der Waals surface area contributed by atoms with Crippen LogP contribution in [-0.4, -0.2) is 36.1 Å². The maximum Gasteiger partial charge on any atom is 0.0733 e. The number of halogens is 1. The first-order chi connectivity index (χ1) is 10.2. The number of benzene rings is 1. The Kier molecular flexibility index (Phi) is 6.70. The number of rotatable bonds is 8. The molecule has 114 valence electrons. The van der Waals surface area contributed by atoms with E-state index < -0.39 is 0 Å². The summed E-state index contributed by atoms with van der Waals surface area (Å²) < 4.78 is 1.23. The van der Waals surface area contributed by atoms with E-state index in [1.54, 1.807) is 0 Å². The van der Waals surface area contributed by atoms with Gasteiger partial charge in [0.1, 0.15) is 0 Å². The SMILES string of the molecule is CCN(CC)CCCCNc1ccnc2cc(I)ccc12. The average molecular weight is 397 g/mol. The highest BCUT2D eigenvalue weighted by Crippen LogP contribution is 2.23. The first kappa shape index (κ1) is 16.5. The summed E-state index contributed by atoms with van der Waals surface area (Å²) in [7, 11) is 0. The van der Waals surface area contributed by atoms with Crippen LogP contribution in [0.1, 0.15) is 26.7 Å². The Morgan fingerprint density at radius 1 is 1.14 bits per heavy atom. The molecule has 0 spiro atoms. The minimum Gasteiger partial charge on any atom is -0.384 e. The number of pyridine rings is 1. The number of anilines is 1. The van der Waals surface area contributed by atoms with E-state index >= 15 is 0 Å². The fourth-order valence-electron chi connectivity index (χ4n) is 2.50. The minimum atomic E-state index is 1.02. The van der Waals surface area contributed by atoms with Gasteiger partial charge in [-0.25, -0.2) is 0 Å². The average Bonchev–Trinajstić information content (AvgIpc) is 2.50. The van der Waals surface area contributed by atoms with Gasteiger partial charge < -0.3 is 10.2 Å². The second kappa shape index (κ2) is 8.54. The van der Waals surface area contributed by atoms with Crippen molar-refractivity contribution in [2.45, 2.75) is 26.7 Å². The van der Waals surface area contributed by atoms with Crippen molar-refractivity contribution in [1.82, 2.24) is 9.88 Å². The van der Waals surface area contributed by atoms with Gasteiger partial charge in [0.25, 0.3) is 0 Å². The molecule has 1 heterocycles. The van der Waals surface area contributed by atoms with Gasteiger partial charge >= 0.3 is 0 Å². The first-order valence-electron chi connectivity index (χ1n) is 7.75. The quantitative estimate of drug-likeness (QED) is 0.530. The van der Waals surface area contributed by atoms with Gasteiger partial charge in [-0.15, -0.1) is 0 Å². The molecule has 0 fully saturated rings. The van der Waals surface area contributed by atoms with Crippen molar-refractivity contribution >= 4 is 39.2 Å². The molecule has 0 aliphatic carbocycles. The Morgan fingerprint density at radius 3 is 2.71 bits per heavy atom. The molecule has 3 nitrogen and oxygen atoms in total. The summed E-state index contributed by atoms with van der Waals surface area (Å²) in [6.07, 6.45) is 4.33. The van der Waals surface area contributed by atoms with Crippen LogP contribution in [0.3, 0.4) is 0 Å². The monoisotopic (exact) mass is 397 g/mol. The lowest BCUT2D eigenvalue weighted by atomic mass is 10.2. The molecule has 4 heteroatoms. The molecule has 21 heavy (non-hydrogen) atoms. The zero-order valence-corrected chi connectivity index (χ0v) is 15.1. The fourth-order valence-corrected chi connectivity index (χ4v) is 2.97. The van der Waals surface area contributed by atoms with Crippen LogP contribution in [0.5, 0.6) is 0 Å². The van der Waals surface area contributed by atoms with Crippen LogP contribution >= 0.6 is 22.6 Å². The lowest BCUT2D eigenvalue weighted by Gasteiger charge is -2.17. The van der Waals surface area contributed by atoms with Crippen molar-refractivity contribution < 1.29 is 0 Å². The molecule has 0 unspecified atom stereocenters. The van der Waals surface area contributed by atoms with Crippen molar-refractivity contribution in [3.8, 4) is 0 Å². The van der Waals surface area contributed by atoms with Crippen LogP contribution < -0.4 is 5.32 Å². The number of fused-ring (bicyclic) bond motifs is 1. The van der Waals surface area contributed by atoms with Gasteiger partial charge in [0.15, 0.2) is 0 Å². The van der Waals surface area contributed by atoms with Gasteiger partial charge in [0.2, 0.25) is 0 Å². The van der Waals surface area contributed by atoms with Crippen molar-refractivity contribution in [2.75, 3.05) is 31.5 Å². The summed E-state index contributed by atoms with van der Waals surface area (Å²) in [4.78, 5) is 6.92. The van der Waals surface area contributed by atoms with E-state index in [2.05, 4.69) is 75.9 Å². The van der Waals surface area contributed by atoms with Crippen molar-refractivity contribution in [2.24, 2.45) is 0 Å². The third kappa shape index (κ3) is 4.81. The molecule has 0 bridgehead atoms. The fraction of sp³-hybridized carbons (Fsp3) is 0.471. The highest BCUT2D eigenvalue weighted by molar-refractivity contribution is 14.1. The zero-order valence-electron chi connectivity index (χ0n) is 12.9. The van der Waals surface area contributed by atoms with Gasteiger partial charge in [0, 0.05) is 27.4 Å². The maximum absolute atomic E-state index is 4.44. The van der Waals surface area contributed by atoms with Gasteiger partial charge in [0.05, 0.1) is 5.52 Å². The molecule has 0 amide bonds. The largest absolute Gasteiger partial charge is 0.384 e. The molecule has 0 saturated carbocycles. The van der Waals surface area contributed by atoms with Crippen LogP contribution in [-0.2, 0) is 0 Å². The maximum atomic E-state index is 4.44. The molecule has 1 N–H and O–H groups in total. The molecule has 2 rings (SSSR count). The highest BCUT2D eigenvalue weighted by atomic mass is 127. The second-order valence-electron chi connectivity index (χ2n) is 5.18. The number of nitrogens with zero attached hydrogens (tertiary/aromatic N) is 2. The summed E-state index contributed by atoms with van der Waals surface area (Å²) in [5.41, 5.74) is 2.26. The normalized spacial score (nSPS) is 11.2. The van der Waals surface area contributed by atoms with Gasteiger partial charge in [-0.05, 0) is 79.3 Å². The topological polar surface area (TPSA) is 28.2 Å². The minimum absolute atomic E-state index is 1.02. The van der Waals surface area contributed by atoms with E-state index in [1.165, 1.54) is 34.0 Å². The summed E-state index contributed by atoms with van der Waals surface area (Å²) in [5.74, 6) is 0. The molecule has 0 radical (unpaired) electrons. The van der Waals surface area contributed by atoms with Crippen LogP contribution in [0, 0.1) is 3.57 Å². The van der Waals surface area contributed by atoms with Crippen LogP contribution in [0.2, 0.25) is 0 Å². The molecular weight excluding hydrogens is 373 g/mol. The van der Waals surface area contributed by atoms with E-state index in [-0.39, 0.29) is 0 Å². The smallest absolute Gasteiger partial charge is 0.0733 e. The Hall–Kier alpha value is -0.880. The van der Waals surface area contributed by atoms with Crippen molar-refractivity contribution in [1.29, 1.82) is 0 Å². The second-order valence-corrected chi connectivity index (χ2v) is 6.43. The Morgan fingerprint density at radius 2 is 1.95 bits per heavy atom. The predicted octanol–water partition coefficient (Wildman–Crippen LogP) is 4.37. The number of nitrogens with one attached hydrogen (secondary N) is 1. The summed E-state index contributed by atoms with van der Waals surface area (Å²) >= 11 is 2.33. The van der Waals surface area contributed by atoms with Gasteiger partial charge in [-0.1, -0.05) is 13.8 Å². The molecule has 1 aromatic heterocycles. The third-order valence-corrected chi connectivity index (χ3v) is 4.49. The Balaban J connectivity index is 1.86. The highest BCUT2D eigenvalue weighted by Gasteiger charge is 2.02. The molecular formula is C17H24IN3. The predicted molar refractivity (Wildman–Crippen MR) is 100.0 cm³/mol. The molecule has 1 aromatic carbocycles. The molecule has 0 aliphatic heterocycles. The first-order valence-corrected chi connectivity index (χ1v) is 8.83. The van der Waals surface area contributed by atoms with E-state index in [9.17, 15) is 0 Å². The number of unbranched alkanes of at least 4 members (excludes halogenated alkanes) is 1.